The molecule has 0 saturated carbocycles. The van der Waals surface area contributed by atoms with Crippen LogP contribution in [-0.4, -0.2) is 15.2 Å². The van der Waals surface area contributed by atoms with E-state index in [1.54, 1.807) is 34.9 Å². The van der Waals surface area contributed by atoms with Crippen LogP contribution in [0.4, 0.5) is 13.2 Å². The molecular weight excluding hydrogens is 465 g/mol. The van der Waals surface area contributed by atoms with E-state index in [-0.39, 0.29) is 12.4 Å². The van der Waals surface area contributed by atoms with Gasteiger partial charge < -0.3 is 4.74 Å². The molecule has 4 rings (SSSR count). The van der Waals surface area contributed by atoms with Crippen LogP contribution >= 0.6 is 11.6 Å². The Morgan fingerprint density at radius 2 is 1.71 bits per heavy atom. The molecule has 2 aromatic heterocycles. The Kier molecular flexibility index (Phi) is 6.93. The summed E-state index contributed by atoms with van der Waals surface area (Å²) in [6.45, 7) is 2.12. The molecule has 0 aliphatic carbocycles. The zero-order valence-corrected chi connectivity index (χ0v) is 19.2. The molecule has 0 saturated heterocycles. The highest BCUT2D eigenvalue weighted by Gasteiger charge is 2.29. The molecule has 34 heavy (non-hydrogen) atoms. The number of carbonyl (C=O) groups excluding carboxylic acids is 1. The predicted octanol–water partition coefficient (Wildman–Crippen LogP) is 6.96. The molecule has 2 heterocycles. The van der Waals surface area contributed by atoms with Gasteiger partial charge in [-0.05, 0) is 54.3 Å². The highest BCUT2D eigenvalue weighted by Crippen LogP contribution is 2.29. The minimum Gasteiger partial charge on any atom is -0.489 e. The van der Waals surface area contributed by atoms with E-state index in [1.807, 2.05) is 19.1 Å². The average Bonchev–Trinajstić information content (AvgIpc) is 3.19. The van der Waals surface area contributed by atoms with Gasteiger partial charge in [-0.2, -0.15) is 13.2 Å². The first kappa shape index (κ1) is 23.8. The van der Waals surface area contributed by atoms with Gasteiger partial charge in [-0.15, -0.1) is 0 Å². The van der Waals surface area contributed by atoms with Gasteiger partial charge in [-0.3, -0.25) is 9.20 Å². The number of fused-ring (bicyclic) bond motifs is 1. The number of benzene rings is 2. The lowest BCUT2D eigenvalue weighted by atomic mass is 10.0. The van der Waals surface area contributed by atoms with Crippen LogP contribution in [0.5, 0.6) is 5.75 Å². The fourth-order valence-corrected chi connectivity index (χ4v) is 3.85. The molecule has 4 nitrogen and oxygen atoms in total. The molecule has 176 valence electrons. The second-order valence-electron chi connectivity index (χ2n) is 7.88. The normalized spacial score (nSPS) is 11.7. The van der Waals surface area contributed by atoms with Crippen LogP contribution in [0.2, 0.25) is 5.02 Å². The summed E-state index contributed by atoms with van der Waals surface area (Å²) in [5.74, 6) is 0.608. The van der Waals surface area contributed by atoms with E-state index in [2.05, 4.69) is 4.98 Å². The standard InChI is InChI=1S/C26H22ClF3N2O2/c1-2-22-25(32-14-13-20(27)15-24(32)31-22)23(33)12-7-17-5-10-21(11-6-17)34-16-18-3-8-19(9-4-18)26(28,29)30/h3-6,8-11,13-15H,2,7,12,16H2,1H3. The number of halogens is 4. The highest BCUT2D eigenvalue weighted by atomic mass is 35.5. The minimum absolute atomic E-state index is 0.00861. The Bertz CT molecular complexity index is 1300. The number of carbonyl (C=O) groups is 1. The first-order chi connectivity index (χ1) is 16.2. The number of aryl methyl sites for hydroxylation is 2. The Labute approximate surface area is 200 Å². The van der Waals surface area contributed by atoms with Crippen molar-refractivity contribution in [3.05, 3.63) is 100.0 Å². The maximum atomic E-state index is 13.0. The average molecular weight is 487 g/mol. The number of hydrogen-bond acceptors (Lipinski definition) is 3. The van der Waals surface area contributed by atoms with E-state index < -0.39 is 11.7 Å². The van der Waals surface area contributed by atoms with Gasteiger partial charge in [-0.25, -0.2) is 4.98 Å². The van der Waals surface area contributed by atoms with E-state index in [1.165, 1.54) is 12.1 Å². The Hall–Kier alpha value is -3.32. The van der Waals surface area contributed by atoms with E-state index in [0.29, 0.717) is 46.9 Å². The quantitative estimate of drug-likeness (QED) is 0.253. The Balaban J connectivity index is 1.35. The molecule has 0 amide bonds. The Morgan fingerprint density at radius 1 is 1.03 bits per heavy atom. The second-order valence-corrected chi connectivity index (χ2v) is 8.32. The van der Waals surface area contributed by atoms with Gasteiger partial charge >= 0.3 is 6.18 Å². The highest BCUT2D eigenvalue weighted by molar-refractivity contribution is 6.30. The van der Waals surface area contributed by atoms with Crippen LogP contribution in [-0.2, 0) is 25.6 Å². The van der Waals surface area contributed by atoms with Crippen LogP contribution in [0, 0.1) is 0 Å². The van der Waals surface area contributed by atoms with Crippen molar-refractivity contribution in [2.75, 3.05) is 0 Å². The number of pyridine rings is 1. The molecule has 0 aliphatic rings. The zero-order valence-electron chi connectivity index (χ0n) is 18.4. The van der Waals surface area contributed by atoms with Crippen molar-refractivity contribution in [2.24, 2.45) is 0 Å². The third-order valence-electron chi connectivity index (χ3n) is 5.51. The van der Waals surface area contributed by atoms with Crippen molar-refractivity contribution >= 4 is 23.0 Å². The summed E-state index contributed by atoms with van der Waals surface area (Å²) in [6.07, 6.45) is -1.06. The summed E-state index contributed by atoms with van der Waals surface area (Å²) in [6, 6.07) is 15.7. The molecule has 4 aromatic rings. The molecule has 0 spiro atoms. The molecule has 2 aromatic carbocycles. The number of nitrogens with zero attached hydrogens (tertiary/aromatic N) is 2. The number of ether oxygens (including phenoxy) is 1. The summed E-state index contributed by atoms with van der Waals surface area (Å²) in [4.78, 5) is 17.5. The first-order valence-electron chi connectivity index (χ1n) is 10.8. The van der Waals surface area contributed by atoms with E-state index in [4.69, 9.17) is 16.3 Å². The summed E-state index contributed by atoms with van der Waals surface area (Å²) in [5, 5.41) is 0.569. The minimum atomic E-state index is -4.35. The van der Waals surface area contributed by atoms with Crippen LogP contribution in [0.25, 0.3) is 5.65 Å². The van der Waals surface area contributed by atoms with Gasteiger partial charge in [0.15, 0.2) is 5.78 Å². The van der Waals surface area contributed by atoms with E-state index in [9.17, 15) is 18.0 Å². The predicted molar refractivity (Wildman–Crippen MR) is 124 cm³/mol. The molecule has 0 bridgehead atoms. The van der Waals surface area contributed by atoms with Crippen molar-refractivity contribution in [1.29, 1.82) is 0 Å². The van der Waals surface area contributed by atoms with Crippen molar-refractivity contribution < 1.29 is 22.7 Å². The molecule has 0 aliphatic heterocycles. The van der Waals surface area contributed by atoms with Crippen molar-refractivity contribution in [3.63, 3.8) is 0 Å². The fourth-order valence-electron chi connectivity index (χ4n) is 3.70. The van der Waals surface area contributed by atoms with E-state index in [0.717, 1.165) is 23.4 Å². The monoisotopic (exact) mass is 486 g/mol. The molecule has 0 unspecified atom stereocenters. The molecule has 0 radical (unpaired) electrons. The smallest absolute Gasteiger partial charge is 0.416 e. The maximum absolute atomic E-state index is 13.0. The lowest BCUT2D eigenvalue weighted by Crippen LogP contribution is -2.08. The van der Waals surface area contributed by atoms with E-state index >= 15 is 0 Å². The lowest BCUT2D eigenvalue weighted by molar-refractivity contribution is -0.137. The van der Waals surface area contributed by atoms with Crippen molar-refractivity contribution in [3.8, 4) is 5.75 Å². The largest absolute Gasteiger partial charge is 0.489 e. The molecule has 0 fully saturated rings. The molecule has 0 atom stereocenters. The van der Waals surface area contributed by atoms with Crippen LogP contribution in [0.3, 0.4) is 0 Å². The summed E-state index contributed by atoms with van der Waals surface area (Å²) in [7, 11) is 0. The van der Waals surface area contributed by atoms with Crippen LogP contribution < -0.4 is 4.74 Å². The number of ketones is 1. The molecular formula is C26H22ClF3N2O2. The summed E-state index contributed by atoms with van der Waals surface area (Å²) in [5.41, 5.74) is 2.93. The number of aromatic nitrogens is 2. The first-order valence-corrected chi connectivity index (χ1v) is 11.2. The van der Waals surface area contributed by atoms with Crippen LogP contribution in [0.15, 0.2) is 66.9 Å². The van der Waals surface area contributed by atoms with Crippen molar-refractivity contribution in [1.82, 2.24) is 9.38 Å². The molecule has 0 N–H and O–H groups in total. The van der Waals surface area contributed by atoms with Gasteiger partial charge in [0.2, 0.25) is 0 Å². The number of imidazole rings is 1. The number of alkyl halides is 3. The van der Waals surface area contributed by atoms with Gasteiger partial charge in [-0.1, -0.05) is 42.8 Å². The van der Waals surface area contributed by atoms with Crippen LogP contribution in [0.1, 0.15) is 46.2 Å². The van der Waals surface area contributed by atoms with Gasteiger partial charge in [0, 0.05) is 23.7 Å². The fraction of sp³-hybridized carbons (Fsp3) is 0.231. The third-order valence-corrected chi connectivity index (χ3v) is 5.75. The molecule has 8 heteroatoms. The number of Topliss-reactive ketones (excluding diaryl/α,β-unsaturated/α-hetero) is 1. The zero-order chi connectivity index (χ0) is 24.3. The number of hydrogen-bond donors (Lipinski definition) is 0. The summed E-state index contributed by atoms with van der Waals surface area (Å²) >= 11 is 6.05. The van der Waals surface area contributed by atoms with Gasteiger partial charge in [0.05, 0.1) is 11.3 Å². The summed E-state index contributed by atoms with van der Waals surface area (Å²) < 4.78 is 45.4. The lowest BCUT2D eigenvalue weighted by Gasteiger charge is -2.10. The SMILES string of the molecule is CCc1nc2cc(Cl)ccn2c1C(=O)CCc1ccc(OCc2ccc(C(F)(F)F)cc2)cc1. The third kappa shape index (κ3) is 5.42. The van der Waals surface area contributed by atoms with Crippen molar-refractivity contribution in [2.45, 2.75) is 39.0 Å². The van der Waals surface area contributed by atoms with Gasteiger partial charge in [0.1, 0.15) is 23.7 Å². The number of rotatable bonds is 8. The Morgan fingerprint density at radius 3 is 2.35 bits per heavy atom. The second kappa shape index (κ2) is 9.89. The van der Waals surface area contributed by atoms with Gasteiger partial charge in [0.25, 0.3) is 0 Å². The topological polar surface area (TPSA) is 43.6 Å². The maximum Gasteiger partial charge on any atom is 0.416 e.